The van der Waals surface area contributed by atoms with Crippen LogP contribution in [0.2, 0.25) is 0 Å². The molecule has 0 saturated carbocycles. The van der Waals surface area contributed by atoms with Crippen LogP contribution >= 0.6 is 0 Å². The largest absolute Gasteiger partial charge is 0.481 e. The Labute approximate surface area is 100.0 Å². The third-order valence-electron chi connectivity index (χ3n) is 2.84. The maximum Gasteiger partial charge on any atom is 0.308 e. The number of carboxylic acids is 1. The molecular weight excluding hydrogens is 224 g/mol. The van der Waals surface area contributed by atoms with Crippen molar-refractivity contribution in [2.45, 2.75) is 26.2 Å². The van der Waals surface area contributed by atoms with Crippen LogP contribution in [-0.2, 0) is 14.4 Å². The van der Waals surface area contributed by atoms with Crippen molar-refractivity contribution in [3.8, 4) is 0 Å². The van der Waals surface area contributed by atoms with Gasteiger partial charge in [0.25, 0.3) is 0 Å². The summed E-state index contributed by atoms with van der Waals surface area (Å²) in [7, 11) is 0. The lowest BCUT2D eigenvalue weighted by molar-refractivity contribution is -0.145. The van der Waals surface area contributed by atoms with Crippen LogP contribution in [0.4, 0.5) is 0 Å². The summed E-state index contributed by atoms with van der Waals surface area (Å²) in [6.07, 6.45) is 1.58. The standard InChI is InChI=1S/C11H18N2O4/c1-8(14)12-5-4-10(15)13-6-2-3-9(7-13)11(16)17/h9H,2-7H2,1H3,(H,12,14)(H,16,17). The lowest BCUT2D eigenvalue weighted by Gasteiger charge is -2.30. The number of amides is 2. The van der Waals surface area contributed by atoms with Gasteiger partial charge in [-0.05, 0) is 12.8 Å². The highest BCUT2D eigenvalue weighted by Gasteiger charge is 2.27. The number of nitrogens with one attached hydrogen (secondary N) is 1. The van der Waals surface area contributed by atoms with E-state index in [-0.39, 0.29) is 24.8 Å². The van der Waals surface area contributed by atoms with Gasteiger partial charge in [-0.3, -0.25) is 14.4 Å². The summed E-state index contributed by atoms with van der Waals surface area (Å²) in [6, 6.07) is 0. The van der Waals surface area contributed by atoms with E-state index < -0.39 is 11.9 Å². The molecule has 1 aliphatic rings. The molecule has 2 amide bonds. The van der Waals surface area contributed by atoms with Crippen molar-refractivity contribution < 1.29 is 19.5 Å². The first kappa shape index (κ1) is 13.5. The van der Waals surface area contributed by atoms with E-state index in [0.29, 0.717) is 19.5 Å². The average Bonchev–Trinajstić information content (AvgIpc) is 2.28. The van der Waals surface area contributed by atoms with Crippen molar-refractivity contribution in [1.29, 1.82) is 0 Å². The first-order valence-corrected chi connectivity index (χ1v) is 5.75. The van der Waals surface area contributed by atoms with Gasteiger partial charge in [-0.1, -0.05) is 0 Å². The molecule has 1 rings (SSSR count). The van der Waals surface area contributed by atoms with E-state index >= 15 is 0 Å². The van der Waals surface area contributed by atoms with Gasteiger partial charge in [-0.2, -0.15) is 0 Å². The molecule has 0 radical (unpaired) electrons. The molecule has 0 spiro atoms. The van der Waals surface area contributed by atoms with E-state index in [9.17, 15) is 14.4 Å². The van der Waals surface area contributed by atoms with Crippen molar-refractivity contribution in [1.82, 2.24) is 10.2 Å². The van der Waals surface area contributed by atoms with Crippen molar-refractivity contribution in [3.63, 3.8) is 0 Å². The van der Waals surface area contributed by atoms with E-state index in [1.807, 2.05) is 0 Å². The highest BCUT2D eigenvalue weighted by atomic mass is 16.4. The van der Waals surface area contributed by atoms with Gasteiger partial charge >= 0.3 is 5.97 Å². The van der Waals surface area contributed by atoms with E-state index in [1.54, 1.807) is 4.90 Å². The average molecular weight is 242 g/mol. The Morgan fingerprint density at radius 1 is 1.41 bits per heavy atom. The second-order valence-electron chi connectivity index (χ2n) is 4.25. The number of carboxylic acid groups (broad SMARTS) is 1. The first-order chi connectivity index (χ1) is 8.00. The van der Waals surface area contributed by atoms with Crippen LogP contribution in [0.5, 0.6) is 0 Å². The minimum absolute atomic E-state index is 0.0929. The van der Waals surface area contributed by atoms with E-state index in [0.717, 1.165) is 6.42 Å². The van der Waals surface area contributed by atoms with Crippen molar-refractivity contribution in [3.05, 3.63) is 0 Å². The Morgan fingerprint density at radius 2 is 2.12 bits per heavy atom. The third kappa shape index (κ3) is 4.42. The molecule has 0 aromatic rings. The quantitative estimate of drug-likeness (QED) is 0.717. The molecule has 1 saturated heterocycles. The zero-order valence-electron chi connectivity index (χ0n) is 9.94. The zero-order chi connectivity index (χ0) is 12.8. The first-order valence-electron chi connectivity index (χ1n) is 5.75. The molecule has 6 nitrogen and oxygen atoms in total. The minimum atomic E-state index is -0.843. The van der Waals surface area contributed by atoms with Gasteiger partial charge < -0.3 is 15.3 Å². The lowest BCUT2D eigenvalue weighted by atomic mass is 9.98. The Bertz CT molecular complexity index is 317. The summed E-state index contributed by atoms with van der Waals surface area (Å²) >= 11 is 0. The molecule has 1 heterocycles. The van der Waals surface area contributed by atoms with Crippen molar-refractivity contribution >= 4 is 17.8 Å². The highest BCUT2D eigenvalue weighted by molar-refractivity contribution is 5.79. The summed E-state index contributed by atoms with van der Waals surface area (Å²) in [4.78, 5) is 34.8. The summed E-state index contributed by atoms with van der Waals surface area (Å²) in [5.41, 5.74) is 0. The molecule has 0 bridgehead atoms. The minimum Gasteiger partial charge on any atom is -0.481 e. The second-order valence-corrected chi connectivity index (χ2v) is 4.25. The molecule has 0 aliphatic carbocycles. The number of rotatable bonds is 4. The van der Waals surface area contributed by atoms with Crippen LogP contribution in [0, 0.1) is 5.92 Å². The molecule has 96 valence electrons. The van der Waals surface area contributed by atoms with Gasteiger partial charge in [0.05, 0.1) is 5.92 Å². The summed E-state index contributed by atoms with van der Waals surface area (Å²) in [6.45, 7) is 2.60. The molecule has 0 aromatic heterocycles. The van der Waals surface area contributed by atoms with E-state index in [4.69, 9.17) is 5.11 Å². The molecule has 0 aromatic carbocycles. The maximum atomic E-state index is 11.7. The predicted molar refractivity (Wildman–Crippen MR) is 60.2 cm³/mol. The van der Waals surface area contributed by atoms with Crippen LogP contribution in [0.1, 0.15) is 26.2 Å². The van der Waals surface area contributed by atoms with Gasteiger partial charge in [0.15, 0.2) is 0 Å². The molecule has 17 heavy (non-hydrogen) atoms. The smallest absolute Gasteiger partial charge is 0.308 e. The SMILES string of the molecule is CC(=O)NCCC(=O)N1CCCC(C(=O)O)C1. The van der Waals surface area contributed by atoms with Crippen LogP contribution in [0.15, 0.2) is 0 Å². The number of carbonyl (C=O) groups is 3. The summed E-state index contributed by atoms with van der Waals surface area (Å²) in [5.74, 6) is -1.55. The lowest BCUT2D eigenvalue weighted by Crippen LogP contribution is -2.43. The van der Waals surface area contributed by atoms with Crippen LogP contribution < -0.4 is 5.32 Å². The second kappa shape index (κ2) is 6.22. The van der Waals surface area contributed by atoms with Gasteiger partial charge in [0, 0.05) is 33.0 Å². The number of likely N-dealkylation sites (tertiary alicyclic amines) is 1. The number of aliphatic carboxylic acids is 1. The number of hydrogen-bond acceptors (Lipinski definition) is 3. The van der Waals surface area contributed by atoms with Gasteiger partial charge in [-0.25, -0.2) is 0 Å². The normalized spacial score (nSPS) is 19.8. The topological polar surface area (TPSA) is 86.7 Å². The number of hydrogen-bond donors (Lipinski definition) is 2. The number of carbonyl (C=O) groups excluding carboxylic acids is 2. The monoisotopic (exact) mass is 242 g/mol. The van der Waals surface area contributed by atoms with Crippen LogP contribution in [-0.4, -0.2) is 47.4 Å². The molecule has 1 unspecified atom stereocenters. The molecule has 1 atom stereocenters. The maximum absolute atomic E-state index is 11.7. The highest BCUT2D eigenvalue weighted by Crippen LogP contribution is 2.17. The summed E-state index contributed by atoms with van der Waals surface area (Å²) < 4.78 is 0. The number of piperidine rings is 1. The molecule has 6 heteroatoms. The van der Waals surface area contributed by atoms with Gasteiger partial charge in [0.2, 0.25) is 11.8 Å². The zero-order valence-corrected chi connectivity index (χ0v) is 9.94. The Hall–Kier alpha value is -1.59. The Morgan fingerprint density at radius 3 is 2.71 bits per heavy atom. The molecule has 1 aliphatic heterocycles. The van der Waals surface area contributed by atoms with Crippen molar-refractivity contribution in [2.75, 3.05) is 19.6 Å². The molecular formula is C11H18N2O4. The molecule has 1 fully saturated rings. The van der Waals surface area contributed by atoms with E-state index in [1.165, 1.54) is 6.92 Å². The number of nitrogens with zero attached hydrogens (tertiary/aromatic N) is 1. The van der Waals surface area contributed by atoms with Gasteiger partial charge in [0.1, 0.15) is 0 Å². The third-order valence-corrected chi connectivity index (χ3v) is 2.84. The van der Waals surface area contributed by atoms with Gasteiger partial charge in [-0.15, -0.1) is 0 Å². The fourth-order valence-corrected chi connectivity index (χ4v) is 1.91. The summed E-state index contributed by atoms with van der Waals surface area (Å²) in [5, 5.41) is 11.4. The molecule has 2 N–H and O–H groups in total. The fraction of sp³-hybridized carbons (Fsp3) is 0.727. The van der Waals surface area contributed by atoms with Crippen molar-refractivity contribution in [2.24, 2.45) is 5.92 Å². The fourth-order valence-electron chi connectivity index (χ4n) is 1.91. The predicted octanol–water partition coefficient (Wildman–Crippen LogP) is -0.164. The Balaban J connectivity index is 2.35. The van der Waals surface area contributed by atoms with Crippen LogP contribution in [0.3, 0.4) is 0 Å². The van der Waals surface area contributed by atoms with E-state index in [2.05, 4.69) is 5.32 Å². The Kier molecular flexibility index (Phi) is 4.93. The van der Waals surface area contributed by atoms with Crippen LogP contribution in [0.25, 0.3) is 0 Å².